The zero-order valence-corrected chi connectivity index (χ0v) is 14.7. The lowest BCUT2D eigenvalue weighted by Crippen LogP contribution is -2.13. The average Bonchev–Trinajstić information content (AvgIpc) is 2.61. The van der Waals surface area contributed by atoms with Gasteiger partial charge in [0, 0.05) is 10.0 Å². The Hall–Kier alpha value is -2.33. The second-order valence-corrected chi connectivity index (χ2v) is 6.40. The first-order valence-corrected chi connectivity index (χ1v) is 8.44. The van der Waals surface area contributed by atoms with E-state index in [2.05, 4.69) is 15.9 Å². The van der Waals surface area contributed by atoms with Gasteiger partial charge in [0.05, 0.1) is 5.57 Å². The molecule has 0 amide bonds. The molecule has 126 valence electrons. The molecule has 0 nitrogen and oxygen atoms in total. The Balaban J connectivity index is 2.37. The molecular formula is C21H14BrF3. The molecule has 0 N–H and O–H groups in total. The maximum Gasteiger partial charge on any atom is 0.417 e. The Kier molecular flexibility index (Phi) is 5.09. The van der Waals surface area contributed by atoms with Crippen molar-refractivity contribution in [2.24, 2.45) is 0 Å². The number of alkyl halides is 3. The van der Waals surface area contributed by atoms with Gasteiger partial charge < -0.3 is 0 Å². The minimum atomic E-state index is -4.49. The zero-order valence-electron chi connectivity index (χ0n) is 13.1. The van der Waals surface area contributed by atoms with E-state index in [1.165, 1.54) is 12.1 Å². The highest BCUT2D eigenvalue weighted by molar-refractivity contribution is 9.10. The van der Waals surface area contributed by atoms with Crippen LogP contribution in [0.2, 0.25) is 0 Å². The molecule has 0 saturated heterocycles. The van der Waals surface area contributed by atoms with Crippen LogP contribution in [0.15, 0.2) is 89.4 Å². The van der Waals surface area contributed by atoms with Crippen LogP contribution in [0.3, 0.4) is 0 Å². The standard InChI is InChI=1S/C21H14BrF3/c22-18-13-11-16(12-14-18)19(15-7-3-1-4-8-15)20(21(23,24)25)17-9-5-2-6-10-17/h1-14H/b20-19-. The van der Waals surface area contributed by atoms with Crippen molar-refractivity contribution < 1.29 is 13.2 Å². The molecule has 0 saturated carbocycles. The van der Waals surface area contributed by atoms with Gasteiger partial charge in [-0.15, -0.1) is 0 Å². The third-order valence-corrected chi connectivity index (χ3v) is 4.32. The summed E-state index contributed by atoms with van der Waals surface area (Å²) in [4.78, 5) is 0. The van der Waals surface area contributed by atoms with E-state index in [4.69, 9.17) is 0 Å². The molecule has 25 heavy (non-hydrogen) atoms. The van der Waals surface area contributed by atoms with Crippen molar-refractivity contribution in [2.45, 2.75) is 6.18 Å². The molecule has 0 fully saturated rings. The molecule has 0 aliphatic carbocycles. The van der Waals surface area contributed by atoms with E-state index in [0.29, 0.717) is 11.1 Å². The van der Waals surface area contributed by atoms with Gasteiger partial charge in [-0.05, 0) is 28.8 Å². The summed E-state index contributed by atoms with van der Waals surface area (Å²) in [6.45, 7) is 0. The fraction of sp³-hybridized carbons (Fsp3) is 0.0476. The molecule has 0 bridgehead atoms. The van der Waals surface area contributed by atoms with Crippen LogP contribution in [0, 0.1) is 0 Å². The molecule has 0 aliphatic heterocycles. The van der Waals surface area contributed by atoms with Gasteiger partial charge in [0.1, 0.15) is 0 Å². The minimum absolute atomic E-state index is 0.150. The molecule has 0 atom stereocenters. The van der Waals surface area contributed by atoms with Crippen LogP contribution in [0.1, 0.15) is 16.7 Å². The summed E-state index contributed by atoms with van der Waals surface area (Å²) in [6.07, 6.45) is -4.49. The number of benzene rings is 3. The first-order valence-electron chi connectivity index (χ1n) is 7.65. The highest BCUT2D eigenvalue weighted by atomic mass is 79.9. The van der Waals surface area contributed by atoms with Crippen LogP contribution in [0.4, 0.5) is 13.2 Å². The van der Waals surface area contributed by atoms with Crippen molar-refractivity contribution in [1.29, 1.82) is 0 Å². The van der Waals surface area contributed by atoms with E-state index >= 15 is 0 Å². The Bertz CT molecular complexity index is 865. The Morgan fingerprint density at radius 2 is 1.04 bits per heavy atom. The second kappa shape index (κ2) is 7.28. The zero-order chi connectivity index (χ0) is 17.9. The molecule has 4 heteroatoms. The molecular weight excluding hydrogens is 389 g/mol. The maximum absolute atomic E-state index is 14.0. The molecule has 3 rings (SSSR count). The van der Waals surface area contributed by atoms with Crippen molar-refractivity contribution in [3.8, 4) is 0 Å². The summed E-state index contributed by atoms with van der Waals surface area (Å²) in [6, 6.07) is 23.5. The van der Waals surface area contributed by atoms with E-state index < -0.39 is 11.7 Å². The third-order valence-electron chi connectivity index (χ3n) is 3.79. The quantitative estimate of drug-likeness (QED) is 0.415. The van der Waals surface area contributed by atoms with E-state index in [1.54, 1.807) is 72.8 Å². The molecule has 0 aromatic heterocycles. The van der Waals surface area contributed by atoms with Crippen LogP contribution < -0.4 is 0 Å². The van der Waals surface area contributed by atoms with Crippen LogP contribution >= 0.6 is 15.9 Å². The van der Waals surface area contributed by atoms with Crippen molar-refractivity contribution in [1.82, 2.24) is 0 Å². The van der Waals surface area contributed by atoms with Gasteiger partial charge in [0.2, 0.25) is 0 Å². The fourth-order valence-electron chi connectivity index (χ4n) is 2.73. The average molecular weight is 403 g/mol. The van der Waals surface area contributed by atoms with Crippen molar-refractivity contribution in [3.05, 3.63) is 106 Å². The number of halogens is 4. The van der Waals surface area contributed by atoms with Crippen LogP contribution in [0.25, 0.3) is 11.1 Å². The van der Waals surface area contributed by atoms with Gasteiger partial charge in [-0.25, -0.2) is 0 Å². The fourth-order valence-corrected chi connectivity index (χ4v) is 3.00. The molecule has 0 heterocycles. The van der Waals surface area contributed by atoms with Gasteiger partial charge in [-0.3, -0.25) is 0 Å². The predicted molar refractivity (Wildman–Crippen MR) is 99.0 cm³/mol. The molecule has 0 unspecified atom stereocenters. The van der Waals surface area contributed by atoms with E-state index in [0.717, 1.165) is 4.47 Å². The number of hydrogen-bond donors (Lipinski definition) is 0. The van der Waals surface area contributed by atoms with Gasteiger partial charge in [-0.2, -0.15) is 13.2 Å². The Labute approximate surface area is 152 Å². The van der Waals surface area contributed by atoms with Crippen molar-refractivity contribution >= 4 is 27.1 Å². The molecule has 0 aliphatic rings. The van der Waals surface area contributed by atoms with E-state index in [9.17, 15) is 13.2 Å². The number of allylic oxidation sites excluding steroid dienone is 1. The van der Waals surface area contributed by atoms with Gasteiger partial charge in [0.25, 0.3) is 0 Å². The summed E-state index contributed by atoms with van der Waals surface area (Å²) in [7, 11) is 0. The first kappa shape index (κ1) is 17.5. The lowest BCUT2D eigenvalue weighted by Gasteiger charge is -2.19. The molecule has 0 radical (unpaired) electrons. The molecule has 0 spiro atoms. The summed E-state index contributed by atoms with van der Waals surface area (Å²) >= 11 is 3.33. The highest BCUT2D eigenvalue weighted by Crippen LogP contribution is 2.42. The van der Waals surface area contributed by atoms with Gasteiger partial charge in [0.15, 0.2) is 0 Å². The van der Waals surface area contributed by atoms with Crippen molar-refractivity contribution in [3.63, 3.8) is 0 Å². The smallest absolute Gasteiger partial charge is 0.166 e. The molecule has 3 aromatic rings. The summed E-state index contributed by atoms with van der Waals surface area (Å²) < 4.78 is 42.9. The van der Waals surface area contributed by atoms with Gasteiger partial charge in [-0.1, -0.05) is 88.7 Å². The minimum Gasteiger partial charge on any atom is -0.166 e. The van der Waals surface area contributed by atoms with Gasteiger partial charge >= 0.3 is 6.18 Å². The Morgan fingerprint density at radius 1 is 0.600 bits per heavy atom. The van der Waals surface area contributed by atoms with Crippen LogP contribution in [0.5, 0.6) is 0 Å². The normalized spacial score (nSPS) is 12.6. The second-order valence-electron chi connectivity index (χ2n) is 5.49. The van der Waals surface area contributed by atoms with Crippen LogP contribution in [-0.4, -0.2) is 6.18 Å². The largest absolute Gasteiger partial charge is 0.417 e. The van der Waals surface area contributed by atoms with E-state index in [1.807, 2.05) is 0 Å². The first-order chi connectivity index (χ1) is 12.0. The Morgan fingerprint density at radius 3 is 1.52 bits per heavy atom. The highest BCUT2D eigenvalue weighted by Gasteiger charge is 2.38. The maximum atomic E-state index is 14.0. The lowest BCUT2D eigenvalue weighted by molar-refractivity contribution is -0.0685. The topological polar surface area (TPSA) is 0 Å². The third kappa shape index (κ3) is 4.02. The van der Waals surface area contributed by atoms with E-state index in [-0.39, 0.29) is 11.1 Å². The number of hydrogen-bond acceptors (Lipinski definition) is 0. The lowest BCUT2D eigenvalue weighted by atomic mass is 9.89. The van der Waals surface area contributed by atoms with Crippen LogP contribution in [-0.2, 0) is 0 Å². The molecule has 3 aromatic carbocycles. The predicted octanol–water partition coefficient (Wildman–Crippen LogP) is 6.97. The summed E-state index contributed by atoms with van der Waals surface area (Å²) in [5.41, 5.74) is 0.733. The summed E-state index contributed by atoms with van der Waals surface area (Å²) in [5, 5.41) is 0. The van der Waals surface area contributed by atoms with Crippen molar-refractivity contribution in [2.75, 3.05) is 0 Å². The summed E-state index contributed by atoms with van der Waals surface area (Å²) in [5.74, 6) is 0. The monoisotopic (exact) mass is 402 g/mol. The SMILES string of the molecule is FC(F)(F)/C(=C(/c1ccccc1)c1ccc(Br)cc1)c1ccccc1. The number of rotatable bonds is 3.